The van der Waals surface area contributed by atoms with Crippen molar-refractivity contribution in [2.24, 2.45) is 0 Å². The molecule has 0 saturated carbocycles. The first-order chi connectivity index (χ1) is 17.2. The van der Waals surface area contributed by atoms with Crippen molar-refractivity contribution in [1.29, 1.82) is 0 Å². The molecule has 4 heteroatoms. The van der Waals surface area contributed by atoms with Gasteiger partial charge in [-0.15, -0.1) is 0 Å². The molecule has 3 heterocycles. The number of rotatable bonds is 5. The van der Waals surface area contributed by atoms with Crippen molar-refractivity contribution >= 4 is 0 Å². The molecular formula is C31H26FN3. The van der Waals surface area contributed by atoms with E-state index in [1.807, 2.05) is 36.7 Å². The fraction of sp³-hybridized carbons (Fsp3) is 0.129. The smallest absolute Gasteiger partial charge is 0.123 e. The molecular weight excluding hydrogens is 433 g/mol. The highest BCUT2D eigenvalue weighted by molar-refractivity contribution is 5.82. The number of benzene rings is 3. The predicted molar refractivity (Wildman–Crippen MR) is 138 cm³/mol. The van der Waals surface area contributed by atoms with E-state index in [1.165, 1.54) is 23.3 Å². The Morgan fingerprint density at radius 2 is 1.34 bits per heavy atom. The summed E-state index contributed by atoms with van der Waals surface area (Å²) in [6.07, 6.45) is 5.85. The maximum absolute atomic E-state index is 13.7. The minimum absolute atomic E-state index is 0.162. The van der Waals surface area contributed by atoms with Gasteiger partial charge in [-0.1, -0.05) is 72.8 Å². The summed E-state index contributed by atoms with van der Waals surface area (Å²) in [5, 5.41) is 0. The molecule has 2 aromatic heterocycles. The van der Waals surface area contributed by atoms with E-state index < -0.39 is 0 Å². The van der Waals surface area contributed by atoms with Crippen molar-refractivity contribution in [3.8, 4) is 22.4 Å². The Labute approximate surface area is 205 Å². The van der Waals surface area contributed by atoms with Crippen molar-refractivity contribution in [2.45, 2.75) is 11.6 Å². The van der Waals surface area contributed by atoms with Gasteiger partial charge in [0.05, 0.1) is 17.3 Å². The molecule has 6 rings (SSSR count). The van der Waals surface area contributed by atoms with E-state index in [1.54, 1.807) is 0 Å². The van der Waals surface area contributed by atoms with E-state index in [9.17, 15) is 4.39 Å². The van der Waals surface area contributed by atoms with E-state index in [-0.39, 0.29) is 17.4 Å². The Bertz CT molecular complexity index is 1390. The van der Waals surface area contributed by atoms with Gasteiger partial charge >= 0.3 is 0 Å². The summed E-state index contributed by atoms with van der Waals surface area (Å²) in [7, 11) is 2.20. The molecule has 3 nitrogen and oxygen atoms in total. The first-order valence-corrected chi connectivity index (χ1v) is 11.9. The molecule has 5 aromatic rings. The van der Waals surface area contributed by atoms with Crippen LogP contribution in [0.3, 0.4) is 0 Å². The van der Waals surface area contributed by atoms with Gasteiger partial charge in [0.1, 0.15) is 5.82 Å². The second kappa shape index (κ2) is 8.64. The average molecular weight is 460 g/mol. The first kappa shape index (κ1) is 21.5. The molecule has 1 saturated heterocycles. The molecule has 1 unspecified atom stereocenters. The Hall–Kier alpha value is -4.02. The van der Waals surface area contributed by atoms with E-state index in [4.69, 9.17) is 0 Å². The summed E-state index contributed by atoms with van der Waals surface area (Å²) in [4.78, 5) is 6.69. The van der Waals surface area contributed by atoms with Crippen LogP contribution in [0, 0.1) is 5.82 Å². The Balaban J connectivity index is 1.59. The molecule has 0 radical (unpaired) electrons. The lowest BCUT2D eigenvalue weighted by atomic mass is 9.69. The van der Waals surface area contributed by atoms with Crippen LogP contribution in [0.2, 0.25) is 0 Å². The molecule has 1 aliphatic rings. The summed E-state index contributed by atoms with van der Waals surface area (Å²) >= 11 is 0. The van der Waals surface area contributed by atoms with Gasteiger partial charge in [-0.2, -0.15) is 0 Å². The number of hydrogen-bond acceptors (Lipinski definition) is 2. The first-order valence-electron chi connectivity index (χ1n) is 11.9. The van der Waals surface area contributed by atoms with Crippen LogP contribution >= 0.6 is 0 Å². The van der Waals surface area contributed by atoms with Crippen LogP contribution < -0.4 is 0 Å². The highest BCUT2D eigenvalue weighted by Gasteiger charge is 2.55. The van der Waals surface area contributed by atoms with Crippen LogP contribution in [0.25, 0.3) is 22.4 Å². The van der Waals surface area contributed by atoms with Gasteiger partial charge in [0.2, 0.25) is 0 Å². The van der Waals surface area contributed by atoms with Gasteiger partial charge < -0.3 is 4.57 Å². The number of nitrogens with zero attached hydrogens (tertiary/aromatic N) is 3. The average Bonchev–Trinajstić information content (AvgIpc) is 3.34. The summed E-state index contributed by atoms with van der Waals surface area (Å²) in [5.74, 6) is -0.230. The molecule has 1 fully saturated rings. The van der Waals surface area contributed by atoms with Gasteiger partial charge in [-0.25, -0.2) is 4.39 Å². The highest BCUT2D eigenvalue weighted by Crippen LogP contribution is 2.53. The summed E-state index contributed by atoms with van der Waals surface area (Å²) in [6, 6.07) is 34.7. The largest absolute Gasteiger partial charge is 0.340 e. The molecule has 0 amide bonds. The van der Waals surface area contributed by atoms with E-state index in [0.717, 1.165) is 28.9 Å². The fourth-order valence-corrected chi connectivity index (χ4v) is 5.73. The van der Waals surface area contributed by atoms with Crippen LogP contribution in [0.1, 0.15) is 17.2 Å². The molecule has 35 heavy (non-hydrogen) atoms. The second-order valence-corrected chi connectivity index (χ2v) is 9.12. The molecule has 3 aromatic carbocycles. The zero-order valence-corrected chi connectivity index (χ0v) is 19.6. The van der Waals surface area contributed by atoms with E-state index >= 15 is 0 Å². The maximum Gasteiger partial charge on any atom is 0.123 e. The van der Waals surface area contributed by atoms with Gasteiger partial charge in [0, 0.05) is 36.3 Å². The number of likely N-dealkylation sites (tertiary alicyclic amines) is 1. The minimum atomic E-state index is -0.316. The van der Waals surface area contributed by atoms with Crippen molar-refractivity contribution in [3.63, 3.8) is 0 Å². The standard InChI is InChI=1S/C31H26FN3/c1-34-22-29(31(34,25-8-4-2-5-9-25)26-10-6-3-7-11-26)35-21-18-28(23-12-14-27(32)15-13-23)30(35)24-16-19-33-20-17-24/h2-21,29H,22H2,1H3. The van der Waals surface area contributed by atoms with E-state index in [0.29, 0.717) is 0 Å². The third-order valence-corrected chi connectivity index (χ3v) is 7.32. The monoisotopic (exact) mass is 459 g/mol. The summed E-state index contributed by atoms with van der Waals surface area (Å²) in [5.41, 5.74) is 6.51. The number of hydrogen-bond donors (Lipinski definition) is 0. The van der Waals surface area contributed by atoms with E-state index in [2.05, 4.69) is 94.4 Å². The molecule has 1 atom stereocenters. The lowest BCUT2D eigenvalue weighted by Crippen LogP contribution is -2.63. The van der Waals surface area contributed by atoms with Crippen molar-refractivity contribution in [3.05, 3.63) is 139 Å². The van der Waals surface area contributed by atoms with Crippen LogP contribution in [-0.4, -0.2) is 28.0 Å². The van der Waals surface area contributed by atoms with Crippen LogP contribution in [0.4, 0.5) is 4.39 Å². The summed E-state index contributed by atoms with van der Waals surface area (Å²) in [6.45, 7) is 0.902. The SMILES string of the molecule is CN1CC(n2ccc(-c3ccc(F)cc3)c2-c2ccncc2)C1(c1ccccc1)c1ccccc1. The molecule has 0 N–H and O–H groups in total. The maximum atomic E-state index is 13.7. The van der Waals surface area contributed by atoms with Crippen molar-refractivity contribution in [1.82, 2.24) is 14.5 Å². The van der Waals surface area contributed by atoms with Gasteiger partial charge in [0.25, 0.3) is 0 Å². The molecule has 0 spiro atoms. The second-order valence-electron chi connectivity index (χ2n) is 9.12. The van der Waals surface area contributed by atoms with Gasteiger partial charge in [-0.05, 0) is 54.1 Å². The number of likely N-dealkylation sites (N-methyl/N-ethyl adjacent to an activating group) is 1. The molecule has 0 bridgehead atoms. The molecule has 0 aliphatic carbocycles. The number of halogens is 1. The number of aromatic nitrogens is 2. The van der Waals surface area contributed by atoms with Gasteiger partial charge in [-0.3, -0.25) is 9.88 Å². The van der Waals surface area contributed by atoms with Crippen LogP contribution in [0.15, 0.2) is 122 Å². The third-order valence-electron chi connectivity index (χ3n) is 7.32. The Morgan fingerprint density at radius 3 is 1.91 bits per heavy atom. The zero-order chi connectivity index (χ0) is 23.8. The van der Waals surface area contributed by atoms with Crippen molar-refractivity contribution < 1.29 is 4.39 Å². The highest BCUT2D eigenvalue weighted by atomic mass is 19.1. The lowest BCUT2D eigenvalue weighted by molar-refractivity contribution is -0.0248. The third kappa shape index (κ3) is 3.41. The number of pyridine rings is 1. The zero-order valence-electron chi connectivity index (χ0n) is 19.6. The summed E-state index contributed by atoms with van der Waals surface area (Å²) < 4.78 is 16.1. The lowest BCUT2D eigenvalue weighted by Gasteiger charge is -2.58. The van der Waals surface area contributed by atoms with Crippen LogP contribution in [0.5, 0.6) is 0 Å². The van der Waals surface area contributed by atoms with Crippen LogP contribution in [-0.2, 0) is 5.54 Å². The predicted octanol–water partition coefficient (Wildman–Crippen LogP) is 6.79. The van der Waals surface area contributed by atoms with Crippen molar-refractivity contribution in [2.75, 3.05) is 13.6 Å². The molecule has 1 aliphatic heterocycles. The fourth-order valence-electron chi connectivity index (χ4n) is 5.73. The van der Waals surface area contributed by atoms with Gasteiger partial charge in [0.15, 0.2) is 0 Å². The minimum Gasteiger partial charge on any atom is -0.340 e. The normalized spacial score (nSPS) is 17.1. The topological polar surface area (TPSA) is 21.1 Å². The Morgan fingerprint density at radius 1 is 0.743 bits per heavy atom. The Kier molecular flexibility index (Phi) is 5.31. The quantitative estimate of drug-likeness (QED) is 0.289. The molecule has 172 valence electrons.